The first kappa shape index (κ1) is 12.8. The summed E-state index contributed by atoms with van der Waals surface area (Å²) in [5, 5.41) is 5.06. The van der Waals surface area contributed by atoms with Crippen molar-refractivity contribution in [3.8, 4) is 0 Å². The number of anilines is 3. The molecule has 3 N–H and O–H groups in total. The van der Waals surface area contributed by atoms with E-state index in [1.165, 1.54) is 0 Å². The van der Waals surface area contributed by atoms with Crippen LogP contribution in [0.1, 0.15) is 5.56 Å². The maximum Gasteiger partial charge on any atom is 0.0951 e. The van der Waals surface area contributed by atoms with Crippen LogP contribution < -0.4 is 11.1 Å². The molecule has 100 valence electrons. The number of nitrogens with zero attached hydrogens (tertiary/aromatic N) is 1. The summed E-state index contributed by atoms with van der Waals surface area (Å²) in [4.78, 5) is 4.33. The summed E-state index contributed by atoms with van der Waals surface area (Å²) >= 11 is 6.26. The number of nitrogens with one attached hydrogen (secondary N) is 1. The van der Waals surface area contributed by atoms with Crippen LogP contribution >= 0.6 is 11.6 Å². The number of hydrogen-bond acceptors (Lipinski definition) is 3. The molecule has 20 heavy (non-hydrogen) atoms. The molecule has 4 heteroatoms. The third kappa shape index (κ3) is 2.17. The molecule has 0 saturated heterocycles. The van der Waals surface area contributed by atoms with Gasteiger partial charge >= 0.3 is 0 Å². The molecule has 0 spiro atoms. The minimum absolute atomic E-state index is 0.669. The van der Waals surface area contributed by atoms with Crippen LogP contribution in [0.4, 0.5) is 17.1 Å². The van der Waals surface area contributed by atoms with Crippen molar-refractivity contribution in [1.29, 1.82) is 0 Å². The van der Waals surface area contributed by atoms with Crippen LogP contribution in [0.2, 0.25) is 5.02 Å². The third-order valence-corrected chi connectivity index (χ3v) is 3.60. The number of rotatable bonds is 2. The zero-order valence-corrected chi connectivity index (χ0v) is 11.8. The lowest BCUT2D eigenvalue weighted by atomic mass is 10.1. The number of para-hydroxylation sites is 2. The van der Waals surface area contributed by atoms with Gasteiger partial charge in [-0.15, -0.1) is 0 Å². The maximum atomic E-state index is 6.26. The number of benzene rings is 2. The Balaban J connectivity index is 2.14. The number of halogens is 1. The molecule has 0 unspecified atom stereocenters. The van der Waals surface area contributed by atoms with Gasteiger partial charge in [0.05, 0.1) is 21.9 Å². The molecule has 0 radical (unpaired) electrons. The Morgan fingerprint density at radius 3 is 2.70 bits per heavy atom. The van der Waals surface area contributed by atoms with Crippen LogP contribution in [0.25, 0.3) is 10.9 Å². The number of nitrogen functional groups attached to an aromatic ring is 1. The molecule has 0 aliphatic heterocycles. The highest BCUT2D eigenvalue weighted by Gasteiger charge is 2.08. The molecule has 3 nitrogen and oxygen atoms in total. The lowest BCUT2D eigenvalue weighted by molar-refractivity contribution is 1.39. The molecule has 0 fully saturated rings. The highest BCUT2D eigenvalue weighted by atomic mass is 35.5. The van der Waals surface area contributed by atoms with E-state index in [9.17, 15) is 0 Å². The Morgan fingerprint density at radius 2 is 1.90 bits per heavy atom. The van der Waals surface area contributed by atoms with Crippen molar-refractivity contribution in [3.05, 3.63) is 59.2 Å². The van der Waals surface area contributed by atoms with Gasteiger partial charge in [0.15, 0.2) is 0 Å². The van der Waals surface area contributed by atoms with E-state index in [0.717, 1.165) is 27.8 Å². The van der Waals surface area contributed by atoms with Crippen molar-refractivity contribution >= 4 is 39.6 Å². The summed E-state index contributed by atoms with van der Waals surface area (Å²) in [6.07, 6.45) is 1.74. The summed E-state index contributed by atoms with van der Waals surface area (Å²) < 4.78 is 0. The Bertz CT molecular complexity index is 764. The second kappa shape index (κ2) is 5.02. The lowest BCUT2D eigenvalue weighted by Crippen LogP contribution is -1.97. The Labute approximate surface area is 122 Å². The first-order chi connectivity index (χ1) is 9.66. The molecule has 1 heterocycles. The van der Waals surface area contributed by atoms with Crippen molar-refractivity contribution in [1.82, 2.24) is 4.98 Å². The van der Waals surface area contributed by atoms with E-state index in [1.807, 2.05) is 49.4 Å². The van der Waals surface area contributed by atoms with E-state index in [4.69, 9.17) is 17.3 Å². The zero-order chi connectivity index (χ0) is 14.1. The fourth-order valence-electron chi connectivity index (χ4n) is 2.23. The average Bonchev–Trinajstić information content (AvgIpc) is 2.44. The number of aryl methyl sites for hydroxylation is 1. The summed E-state index contributed by atoms with van der Waals surface area (Å²) in [6.45, 7) is 2.02. The minimum atomic E-state index is 0.669. The Kier molecular flexibility index (Phi) is 3.20. The number of pyridine rings is 1. The summed E-state index contributed by atoms with van der Waals surface area (Å²) in [5.41, 5.74) is 10.4. The molecule has 0 aliphatic carbocycles. The van der Waals surface area contributed by atoms with E-state index >= 15 is 0 Å². The third-order valence-electron chi connectivity index (χ3n) is 3.28. The van der Waals surface area contributed by atoms with Crippen LogP contribution in [-0.2, 0) is 0 Å². The summed E-state index contributed by atoms with van der Waals surface area (Å²) in [5.74, 6) is 0. The minimum Gasteiger partial charge on any atom is -0.397 e. The van der Waals surface area contributed by atoms with Gasteiger partial charge in [0.25, 0.3) is 0 Å². The lowest BCUT2D eigenvalue weighted by Gasteiger charge is -2.13. The second-order valence-electron chi connectivity index (χ2n) is 4.66. The Hall–Kier alpha value is -2.26. The Morgan fingerprint density at radius 1 is 1.10 bits per heavy atom. The van der Waals surface area contributed by atoms with Gasteiger partial charge in [0.1, 0.15) is 0 Å². The average molecular weight is 284 g/mol. The molecule has 3 aromatic rings. The topological polar surface area (TPSA) is 50.9 Å². The van der Waals surface area contributed by atoms with Crippen LogP contribution in [0.5, 0.6) is 0 Å². The monoisotopic (exact) mass is 283 g/mol. The van der Waals surface area contributed by atoms with Crippen LogP contribution in [0.3, 0.4) is 0 Å². The maximum absolute atomic E-state index is 6.26. The first-order valence-electron chi connectivity index (χ1n) is 6.32. The summed E-state index contributed by atoms with van der Waals surface area (Å²) in [6, 6.07) is 13.5. The van der Waals surface area contributed by atoms with E-state index in [1.54, 1.807) is 6.20 Å². The quantitative estimate of drug-likeness (QED) is 0.680. The van der Waals surface area contributed by atoms with Gasteiger partial charge in [-0.2, -0.15) is 0 Å². The molecule has 0 aliphatic rings. The van der Waals surface area contributed by atoms with Gasteiger partial charge in [-0.05, 0) is 30.7 Å². The number of fused-ring (bicyclic) bond motifs is 1. The molecule has 0 atom stereocenters. The normalized spacial score (nSPS) is 10.7. The van der Waals surface area contributed by atoms with Crippen molar-refractivity contribution in [2.24, 2.45) is 0 Å². The van der Waals surface area contributed by atoms with Gasteiger partial charge in [-0.25, -0.2) is 0 Å². The predicted molar refractivity (Wildman–Crippen MR) is 85.6 cm³/mol. The van der Waals surface area contributed by atoms with E-state index in [-0.39, 0.29) is 0 Å². The molecule has 3 rings (SSSR count). The van der Waals surface area contributed by atoms with E-state index in [2.05, 4.69) is 10.3 Å². The van der Waals surface area contributed by atoms with Gasteiger partial charge in [-0.3, -0.25) is 4.98 Å². The standard InChI is InChI=1S/C16H14ClN3/c1-10-4-2-6-12(17)15(10)20-14-8-9-19-16-11(14)5-3-7-13(16)18/h2-9H,18H2,1H3,(H,19,20). The number of nitrogens with two attached hydrogens (primary N) is 1. The zero-order valence-electron chi connectivity index (χ0n) is 11.0. The second-order valence-corrected chi connectivity index (χ2v) is 5.07. The van der Waals surface area contributed by atoms with Crippen molar-refractivity contribution < 1.29 is 0 Å². The molecular weight excluding hydrogens is 270 g/mol. The van der Waals surface area contributed by atoms with Crippen molar-refractivity contribution in [3.63, 3.8) is 0 Å². The highest BCUT2D eigenvalue weighted by molar-refractivity contribution is 6.33. The van der Waals surface area contributed by atoms with Crippen LogP contribution in [0, 0.1) is 6.92 Å². The number of aromatic nitrogens is 1. The van der Waals surface area contributed by atoms with Gasteiger partial charge in [0, 0.05) is 17.3 Å². The molecule has 1 aromatic heterocycles. The molecule has 0 bridgehead atoms. The first-order valence-corrected chi connectivity index (χ1v) is 6.70. The van der Waals surface area contributed by atoms with Crippen molar-refractivity contribution in [2.45, 2.75) is 6.92 Å². The van der Waals surface area contributed by atoms with Gasteiger partial charge < -0.3 is 11.1 Å². The fraction of sp³-hybridized carbons (Fsp3) is 0.0625. The molecule has 2 aromatic carbocycles. The molecule has 0 amide bonds. The van der Waals surface area contributed by atoms with Gasteiger partial charge in [0.2, 0.25) is 0 Å². The smallest absolute Gasteiger partial charge is 0.0951 e. The van der Waals surface area contributed by atoms with Crippen molar-refractivity contribution in [2.75, 3.05) is 11.1 Å². The van der Waals surface area contributed by atoms with E-state index in [0.29, 0.717) is 10.7 Å². The molecular formula is C16H14ClN3. The van der Waals surface area contributed by atoms with Crippen LogP contribution in [0.15, 0.2) is 48.7 Å². The highest BCUT2D eigenvalue weighted by Crippen LogP contribution is 2.32. The number of hydrogen-bond donors (Lipinski definition) is 2. The predicted octanol–water partition coefficient (Wildman–Crippen LogP) is 4.52. The van der Waals surface area contributed by atoms with Gasteiger partial charge in [-0.1, -0.05) is 35.9 Å². The van der Waals surface area contributed by atoms with E-state index < -0.39 is 0 Å². The summed E-state index contributed by atoms with van der Waals surface area (Å²) in [7, 11) is 0. The largest absolute Gasteiger partial charge is 0.397 e. The molecule has 0 saturated carbocycles. The fourth-order valence-corrected chi connectivity index (χ4v) is 2.50. The SMILES string of the molecule is Cc1cccc(Cl)c1Nc1ccnc2c(N)cccc12. The van der Waals surface area contributed by atoms with Crippen LogP contribution in [-0.4, -0.2) is 4.98 Å².